The third-order valence-electron chi connectivity index (χ3n) is 8.01. The number of ether oxygens (including phenoxy) is 2. The first-order chi connectivity index (χ1) is 17.6. The van der Waals surface area contributed by atoms with Crippen LogP contribution in [0.25, 0.3) is 0 Å². The molecule has 4 nitrogen and oxygen atoms in total. The quantitative estimate of drug-likeness (QED) is 0.0569. The van der Waals surface area contributed by atoms with Crippen LogP contribution in [0.3, 0.4) is 0 Å². The van der Waals surface area contributed by atoms with Gasteiger partial charge < -0.3 is 14.0 Å². The molecule has 0 rings (SSSR count). The second kappa shape index (κ2) is 27.4. The summed E-state index contributed by atoms with van der Waals surface area (Å²) in [5.74, 6) is -0.0604. The topological polar surface area (TPSA) is 35.5 Å². The molecule has 4 heteroatoms. The highest BCUT2D eigenvalue weighted by atomic mass is 16.6. The Morgan fingerprint density at radius 1 is 0.500 bits per heavy atom. The first-order valence-electron chi connectivity index (χ1n) is 16.2. The average molecular weight is 513 g/mol. The van der Waals surface area contributed by atoms with Crippen LogP contribution in [0.5, 0.6) is 0 Å². The molecule has 0 amide bonds. The number of carbonyl (C=O) groups excluding carboxylic acids is 1. The predicted octanol–water partition coefficient (Wildman–Crippen LogP) is 9.24. The summed E-state index contributed by atoms with van der Waals surface area (Å²) in [4.78, 5) is 11.9. The van der Waals surface area contributed by atoms with Crippen LogP contribution >= 0.6 is 0 Å². The van der Waals surface area contributed by atoms with Gasteiger partial charge in [0, 0.05) is 6.42 Å². The van der Waals surface area contributed by atoms with Gasteiger partial charge in [0.2, 0.25) is 0 Å². The van der Waals surface area contributed by atoms with Gasteiger partial charge in [0.15, 0.2) is 0 Å². The Hall–Kier alpha value is -0.610. The van der Waals surface area contributed by atoms with Crippen molar-refractivity contribution in [3.8, 4) is 0 Å². The van der Waals surface area contributed by atoms with Crippen LogP contribution in [0.1, 0.15) is 156 Å². The summed E-state index contributed by atoms with van der Waals surface area (Å²) in [6.45, 7) is 15.5. The van der Waals surface area contributed by atoms with E-state index >= 15 is 0 Å². The van der Waals surface area contributed by atoms with E-state index in [1.807, 2.05) is 0 Å². The number of nitrogens with zero attached hydrogens (tertiary/aromatic N) is 1. The SMILES string of the molecule is CCCCCCCCCCCC[N+](CC)(CC)CCOCCOC(=O)CCCCCCCCCCC. The lowest BCUT2D eigenvalue weighted by Gasteiger charge is -2.37. The van der Waals surface area contributed by atoms with Gasteiger partial charge in [-0.05, 0) is 33.1 Å². The number of carbonyl (C=O) groups is 1. The predicted molar refractivity (Wildman–Crippen MR) is 157 cm³/mol. The molecule has 216 valence electrons. The highest BCUT2D eigenvalue weighted by Gasteiger charge is 2.22. The molecule has 0 atom stereocenters. The molecule has 0 spiro atoms. The standard InChI is InChI=1S/C32H66NO3/c1-5-9-11-13-15-17-19-21-23-25-27-33(7-3,8-4)28-29-35-30-31-36-32(34)26-24-22-20-18-16-14-12-10-6-2/h5-31H2,1-4H3/q+1. The second-order valence-electron chi connectivity index (χ2n) is 11.0. The zero-order valence-corrected chi connectivity index (χ0v) is 25.3. The molecule has 0 aliphatic carbocycles. The van der Waals surface area contributed by atoms with E-state index in [-0.39, 0.29) is 5.97 Å². The van der Waals surface area contributed by atoms with Crippen molar-refractivity contribution in [3.05, 3.63) is 0 Å². The lowest BCUT2D eigenvalue weighted by molar-refractivity contribution is -0.925. The van der Waals surface area contributed by atoms with Crippen LogP contribution in [0.2, 0.25) is 0 Å². The summed E-state index contributed by atoms with van der Waals surface area (Å²) in [6, 6.07) is 0. The lowest BCUT2D eigenvalue weighted by Crippen LogP contribution is -2.50. The number of hydrogen-bond acceptors (Lipinski definition) is 3. The molecule has 0 radical (unpaired) electrons. The number of quaternary nitrogens is 1. The van der Waals surface area contributed by atoms with Crippen LogP contribution in [0.15, 0.2) is 0 Å². The molecule has 0 saturated carbocycles. The summed E-state index contributed by atoms with van der Waals surface area (Å²) >= 11 is 0. The maximum atomic E-state index is 11.9. The van der Waals surface area contributed by atoms with Gasteiger partial charge in [-0.2, -0.15) is 0 Å². The molecule has 0 aliphatic rings. The third-order valence-corrected chi connectivity index (χ3v) is 8.01. The molecular weight excluding hydrogens is 446 g/mol. The normalized spacial score (nSPS) is 11.8. The van der Waals surface area contributed by atoms with E-state index in [0.29, 0.717) is 19.6 Å². The van der Waals surface area contributed by atoms with Crippen LogP contribution in [0.4, 0.5) is 0 Å². The van der Waals surface area contributed by atoms with Crippen LogP contribution in [-0.4, -0.2) is 56.5 Å². The van der Waals surface area contributed by atoms with E-state index in [4.69, 9.17) is 9.47 Å². The number of esters is 1. The van der Waals surface area contributed by atoms with E-state index in [1.165, 1.54) is 129 Å². The van der Waals surface area contributed by atoms with Crippen LogP contribution in [0, 0.1) is 0 Å². The van der Waals surface area contributed by atoms with Gasteiger partial charge in [-0.3, -0.25) is 4.79 Å². The zero-order chi connectivity index (χ0) is 26.6. The Bertz CT molecular complexity index is 451. The fraction of sp³-hybridized carbons (Fsp3) is 0.969. The summed E-state index contributed by atoms with van der Waals surface area (Å²) < 4.78 is 12.4. The number of unbranched alkanes of at least 4 members (excludes halogenated alkanes) is 17. The van der Waals surface area contributed by atoms with E-state index in [9.17, 15) is 4.79 Å². The zero-order valence-electron chi connectivity index (χ0n) is 25.3. The number of rotatable bonds is 29. The van der Waals surface area contributed by atoms with Gasteiger partial charge in [0.05, 0.1) is 32.8 Å². The molecule has 0 aromatic heterocycles. The van der Waals surface area contributed by atoms with Gasteiger partial charge in [-0.1, -0.05) is 117 Å². The highest BCUT2D eigenvalue weighted by molar-refractivity contribution is 5.69. The monoisotopic (exact) mass is 513 g/mol. The Labute approximate surface area is 226 Å². The van der Waals surface area contributed by atoms with Gasteiger partial charge in [-0.25, -0.2) is 0 Å². The summed E-state index contributed by atoms with van der Waals surface area (Å²) in [5, 5.41) is 0. The molecule has 36 heavy (non-hydrogen) atoms. The van der Waals surface area contributed by atoms with E-state index in [2.05, 4.69) is 27.7 Å². The largest absolute Gasteiger partial charge is 0.463 e. The van der Waals surface area contributed by atoms with E-state index in [0.717, 1.165) is 30.5 Å². The molecular formula is C32H66NO3+. The molecule has 0 aromatic rings. The van der Waals surface area contributed by atoms with Crippen molar-refractivity contribution >= 4 is 5.97 Å². The minimum atomic E-state index is -0.0604. The molecule has 0 N–H and O–H groups in total. The lowest BCUT2D eigenvalue weighted by atomic mass is 10.1. The smallest absolute Gasteiger partial charge is 0.305 e. The maximum absolute atomic E-state index is 11.9. The fourth-order valence-corrected chi connectivity index (χ4v) is 5.13. The number of likely N-dealkylation sites (N-methyl/N-ethyl adjacent to an activating group) is 1. The maximum Gasteiger partial charge on any atom is 0.305 e. The Balaban J connectivity index is 3.67. The minimum Gasteiger partial charge on any atom is -0.463 e. The van der Waals surface area contributed by atoms with Crippen molar-refractivity contribution < 1.29 is 18.8 Å². The number of hydrogen-bond donors (Lipinski definition) is 0. The van der Waals surface area contributed by atoms with Crippen LogP contribution in [-0.2, 0) is 14.3 Å². The second-order valence-corrected chi connectivity index (χ2v) is 11.0. The Kier molecular flexibility index (Phi) is 27.0. The summed E-state index contributed by atoms with van der Waals surface area (Å²) in [7, 11) is 0. The molecule has 0 saturated heterocycles. The first-order valence-corrected chi connectivity index (χ1v) is 16.2. The van der Waals surface area contributed by atoms with Crippen molar-refractivity contribution in [2.24, 2.45) is 0 Å². The molecule has 0 unspecified atom stereocenters. The molecule has 0 fully saturated rings. The van der Waals surface area contributed by atoms with E-state index in [1.54, 1.807) is 0 Å². The van der Waals surface area contributed by atoms with E-state index < -0.39 is 0 Å². The highest BCUT2D eigenvalue weighted by Crippen LogP contribution is 2.14. The van der Waals surface area contributed by atoms with Crippen molar-refractivity contribution in [1.82, 2.24) is 0 Å². The summed E-state index contributed by atoms with van der Waals surface area (Å²) in [5.41, 5.74) is 0. The average Bonchev–Trinajstić information content (AvgIpc) is 2.89. The summed E-state index contributed by atoms with van der Waals surface area (Å²) in [6.07, 6.45) is 25.9. The molecule has 0 aliphatic heterocycles. The third kappa shape index (κ3) is 22.6. The molecule has 0 heterocycles. The minimum absolute atomic E-state index is 0.0604. The molecule has 0 aromatic carbocycles. The van der Waals surface area contributed by atoms with Gasteiger partial charge in [0.25, 0.3) is 0 Å². The van der Waals surface area contributed by atoms with Crippen molar-refractivity contribution in [3.63, 3.8) is 0 Å². The van der Waals surface area contributed by atoms with Crippen molar-refractivity contribution in [2.45, 2.75) is 156 Å². The molecule has 0 bridgehead atoms. The van der Waals surface area contributed by atoms with Crippen LogP contribution < -0.4 is 0 Å². The van der Waals surface area contributed by atoms with Gasteiger partial charge >= 0.3 is 5.97 Å². The van der Waals surface area contributed by atoms with Gasteiger partial charge in [0.1, 0.15) is 13.2 Å². The Morgan fingerprint density at radius 2 is 0.944 bits per heavy atom. The first kappa shape index (κ1) is 35.4. The van der Waals surface area contributed by atoms with Crippen molar-refractivity contribution in [1.29, 1.82) is 0 Å². The van der Waals surface area contributed by atoms with Gasteiger partial charge in [-0.15, -0.1) is 0 Å². The fourth-order valence-electron chi connectivity index (χ4n) is 5.13. The van der Waals surface area contributed by atoms with Crippen molar-refractivity contribution in [2.75, 3.05) is 46.0 Å². The Morgan fingerprint density at radius 3 is 1.42 bits per heavy atom.